The van der Waals surface area contributed by atoms with Gasteiger partial charge in [-0.2, -0.15) is 0 Å². The van der Waals surface area contributed by atoms with Crippen LogP contribution in [0.1, 0.15) is 22.8 Å². The summed E-state index contributed by atoms with van der Waals surface area (Å²) in [6.07, 6.45) is 1.47. The largest absolute Gasteiger partial charge is 0.355 e. The summed E-state index contributed by atoms with van der Waals surface area (Å²) in [5.41, 5.74) is 2.44. The lowest BCUT2D eigenvalue weighted by molar-refractivity contribution is -0.130. The fraction of sp³-hybridized carbons (Fsp3) is 0.353. The third kappa shape index (κ3) is 3.11. The number of hydrogen-bond donors (Lipinski definition) is 0. The average molecular weight is 313 g/mol. The molecule has 0 saturated carbocycles. The van der Waals surface area contributed by atoms with Crippen LogP contribution >= 0.6 is 0 Å². The van der Waals surface area contributed by atoms with Crippen molar-refractivity contribution in [3.05, 3.63) is 41.6 Å². The second-order valence-electron chi connectivity index (χ2n) is 5.73. The fourth-order valence-corrected chi connectivity index (χ4v) is 2.70. The number of piperazine rings is 1. The number of benzene rings is 1. The average Bonchev–Trinajstić information content (AvgIpc) is 3.04. The molecule has 6 heteroatoms. The lowest BCUT2D eigenvalue weighted by Crippen LogP contribution is -2.50. The molecule has 3 rings (SSSR count). The Kier molecular flexibility index (Phi) is 4.14. The van der Waals surface area contributed by atoms with Crippen LogP contribution in [0.5, 0.6) is 0 Å². The number of aryl methyl sites for hydroxylation is 1. The highest BCUT2D eigenvalue weighted by molar-refractivity contribution is 5.99. The van der Waals surface area contributed by atoms with Gasteiger partial charge in [-0.05, 0) is 6.92 Å². The van der Waals surface area contributed by atoms with Gasteiger partial charge in [0.1, 0.15) is 5.56 Å². The van der Waals surface area contributed by atoms with Crippen LogP contribution in [0.3, 0.4) is 0 Å². The first-order chi connectivity index (χ1) is 11.1. The Labute approximate surface area is 134 Å². The molecule has 2 heterocycles. The van der Waals surface area contributed by atoms with Crippen LogP contribution in [0.2, 0.25) is 0 Å². The zero-order valence-corrected chi connectivity index (χ0v) is 13.3. The molecule has 0 bridgehead atoms. The predicted octanol–water partition coefficient (Wildman–Crippen LogP) is 1.95. The Bertz CT molecular complexity index is 713. The van der Waals surface area contributed by atoms with Gasteiger partial charge in [-0.1, -0.05) is 35.0 Å². The summed E-state index contributed by atoms with van der Waals surface area (Å²) in [5.74, 6) is 0.427. The number of carbonyl (C=O) groups excluding carboxylic acids is 2. The van der Waals surface area contributed by atoms with Crippen LogP contribution in [0.25, 0.3) is 11.3 Å². The lowest BCUT2D eigenvalue weighted by atomic mass is 10.1. The zero-order chi connectivity index (χ0) is 16.4. The number of rotatable bonds is 2. The molecule has 120 valence electrons. The monoisotopic (exact) mass is 313 g/mol. The summed E-state index contributed by atoms with van der Waals surface area (Å²) in [5, 5.41) is 3.79. The number of amides is 2. The normalized spacial score (nSPS) is 14.9. The molecule has 1 aromatic heterocycles. The van der Waals surface area contributed by atoms with E-state index >= 15 is 0 Å². The summed E-state index contributed by atoms with van der Waals surface area (Å²) >= 11 is 0. The van der Waals surface area contributed by atoms with Crippen molar-refractivity contribution in [2.45, 2.75) is 13.8 Å². The van der Waals surface area contributed by atoms with E-state index in [9.17, 15) is 9.59 Å². The molecule has 1 aromatic carbocycles. The maximum absolute atomic E-state index is 12.7. The fourth-order valence-electron chi connectivity index (χ4n) is 2.70. The highest BCUT2D eigenvalue weighted by atomic mass is 16.5. The summed E-state index contributed by atoms with van der Waals surface area (Å²) in [4.78, 5) is 27.6. The van der Waals surface area contributed by atoms with Crippen LogP contribution in [0, 0.1) is 6.92 Å². The van der Waals surface area contributed by atoms with E-state index in [1.807, 2.05) is 31.2 Å². The Balaban J connectivity index is 1.78. The molecule has 0 radical (unpaired) electrons. The standard InChI is InChI=1S/C17H19N3O3/c1-12-3-5-14(6-4-12)16-15(11-18-23-16)17(22)20-9-7-19(8-10-20)13(2)21/h3-6,11H,7-10H2,1-2H3. The summed E-state index contributed by atoms with van der Waals surface area (Å²) in [6, 6.07) is 7.77. The van der Waals surface area contributed by atoms with Crippen molar-refractivity contribution in [3.63, 3.8) is 0 Å². The minimum Gasteiger partial charge on any atom is -0.355 e. The first-order valence-electron chi connectivity index (χ1n) is 7.63. The van der Waals surface area contributed by atoms with Crippen LogP contribution in [0.15, 0.2) is 35.0 Å². The van der Waals surface area contributed by atoms with Crippen molar-refractivity contribution in [2.75, 3.05) is 26.2 Å². The van der Waals surface area contributed by atoms with Gasteiger partial charge >= 0.3 is 0 Å². The number of carbonyl (C=O) groups is 2. The highest BCUT2D eigenvalue weighted by Gasteiger charge is 2.27. The molecule has 6 nitrogen and oxygen atoms in total. The van der Waals surface area contributed by atoms with Gasteiger partial charge in [-0.3, -0.25) is 9.59 Å². The third-order valence-electron chi connectivity index (χ3n) is 4.13. The van der Waals surface area contributed by atoms with E-state index in [2.05, 4.69) is 5.16 Å². The topological polar surface area (TPSA) is 66.7 Å². The Hall–Kier alpha value is -2.63. The smallest absolute Gasteiger partial charge is 0.259 e. The van der Waals surface area contributed by atoms with Crippen LogP contribution in [0.4, 0.5) is 0 Å². The molecule has 0 N–H and O–H groups in total. The van der Waals surface area contributed by atoms with Crippen LogP contribution < -0.4 is 0 Å². The van der Waals surface area contributed by atoms with E-state index in [0.717, 1.165) is 11.1 Å². The first kappa shape index (κ1) is 15.3. The second kappa shape index (κ2) is 6.24. The molecule has 0 spiro atoms. The van der Waals surface area contributed by atoms with Gasteiger partial charge in [-0.15, -0.1) is 0 Å². The molecule has 2 aromatic rings. The molecule has 23 heavy (non-hydrogen) atoms. The Morgan fingerprint density at radius 3 is 2.26 bits per heavy atom. The van der Waals surface area contributed by atoms with Crippen molar-refractivity contribution in [3.8, 4) is 11.3 Å². The molecule has 1 aliphatic heterocycles. The van der Waals surface area contributed by atoms with Crippen molar-refractivity contribution in [2.24, 2.45) is 0 Å². The minimum atomic E-state index is -0.106. The molecule has 2 amide bonds. The van der Waals surface area contributed by atoms with Gasteiger partial charge in [0.25, 0.3) is 5.91 Å². The predicted molar refractivity (Wildman–Crippen MR) is 84.8 cm³/mol. The van der Waals surface area contributed by atoms with Crippen molar-refractivity contribution < 1.29 is 14.1 Å². The summed E-state index contributed by atoms with van der Waals surface area (Å²) in [7, 11) is 0. The molecule has 1 fully saturated rings. The molecule has 1 aliphatic rings. The summed E-state index contributed by atoms with van der Waals surface area (Å²) < 4.78 is 5.30. The quantitative estimate of drug-likeness (QED) is 0.850. The number of nitrogens with zero attached hydrogens (tertiary/aromatic N) is 3. The lowest BCUT2D eigenvalue weighted by Gasteiger charge is -2.34. The van der Waals surface area contributed by atoms with E-state index in [4.69, 9.17) is 4.52 Å². The van der Waals surface area contributed by atoms with E-state index in [0.29, 0.717) is 37.5 Å². The molecular formula is C17H19N3O3. The van der Waals surface area contributed by atoms with Crippen molar-refractivity contribution in [1.29, 1.82) is 0 Å². The molecular weight excluding hydrogens is 294 g/mol. The second-order valence-corrected chi connectivity index (χ2v) is 5.73. The SMILES string of the molecule is CC(=O)N1CCN(C(=O)c2cnoc2-c2ccc(C)cc2)CC1. The Morgan fingerprint density at radius 2 is 1.65 bits per heavy atom. The van der Waals surface area contributed by atoms with E-state index in [1.54, 1.807) is 16.7 Å². The van der Waals surface area contributed by atoms with Gasteiger partial charge in [-0.25, -0.2) is 0 Å². The van der Waals surface area contributed by atoms with Crippen LogP contribution in [-0.4, -0.2) is 52.9 Å². The molecule has 0 aliphatic carbocycles. The molecule has 0 atom stereocenters. The van der Waals surface area contributed by atoms with Crippen LogP contribution in [-0.2, 0) is 4.79 Å². The zero-order valence-electron chi connectivity index (χ0n) is 13.3. The van der Waals surface area contributed by atoms with E-state index in [-0.39, 0.29) is 11.8 Å². The molecule has 1 saturated heterocycles. The highest BCUT2D eigenvalue weighted by Crippen LogP contribution is 2.25. The van der Waals surface area contributed by atoms with Crippen molar-refractivity contribution >= 4 is 11.8 Å². The van der Waals surface area contributed by atoms with E-state index in [1.165, 1.54) is 6.20 Å². The van der Waals surface area contributed by atoms with Gasteiger partial charge in [0, 0.05) is 38.7 Å². The van der Waals surface area contributed by atoms with Gasteiger partial charge in [0.05, 0.1) is 6.20 Å². The maximum atomic E-state index is 12.7. The van der Waals surface area contributed by atoms with Gasteiger partial charge < -0.3 is 14.3 Å². The van der Waals surface area contributed by atoms with Gasteiger partial charge in [0.2, 0.25) is 5.91 Å². The minimum absolute atomic E-state index is 0.0439. The van der Waals surface area contributed by atoms with Gasteiger partial charge in [0.15, 0.2) is 5.76 Å². The third-order valence-corrected chi connectivity index (χ3v) is 4.13. The number of aromatic nitrogens is 1. The van der Waals surface area contributed by atoms with E-state index < -0.39 is 0 Å². The molecule has 0 unspecified atom stereocenters. The first-order valence-corrected chi connectivity index (χ1v) is 7.63. The number of hydrogen-bond acceptors (Lipinski definition) is 4. The van der Waals surface area contributed by atoms with Crippen molar-refractivity contribution in [1.82, 2.24) is 15.0 Å². The summed E-state index contributed by atoms with van der Waals surface area (Å²) in [6.45, 7) is 5.73. The maximum Gasteiger partial charge on any atom is 0.259 e. The Morgan fingerprint density at radius 1 is 1.04 bits per heavy atom.